The Hall–Kier alpha value is -1.30. The molecule has 0 spiro atoms. The number of ether oxygens (including phenoxy) is 1. The molecule has 1 aliphatic heterocycles. The number of para-hydroxylation sites is 1. The minimum atomic E-state index is -0.179. The maximum atomic E-state index is 12.1. The highest BCUT2D eigenvalue weighted by atomic mass is 35.5. The van der Waals surface area contributed by atoms with E-state index in [2.05, 4.69) is 5.32 Å². The van der Waals surface area contributed by atoms with Crippen molar-refractivity contribution in [3.63, 3.8) is 0 Å². The fourth-order valence-corrected chi connectivity index (χ4v) is 2.12. The van der Waals surface area contributed by atoms with Crippen LogP contribution >= 0.6 is 11.6 Å². The number of rotatable bonds is 2. The van der Waals surface area contributed by atoms with E-state index in [1.807, 2.05) is 19.1 Å². The fraction of sp³-hybridized carbons (Fsp3) is 0.462. The molecule has 0 radical (unpaired) electrons. The topological polar surface area (TPSA) is 67.6 Å². The zero-order valence-electron chi connectivity index (χ0n) is 10.8. The van der Waals surface area contributed by atoms with Crippen LogP contribution in [-0.2, 0) is 4.74 Å². The first-order chi connectivity index (χ1) is 9.08. The molecule has 3 N–H and O–H groups in total. The molecule has 2 rings (SSSR count). The second-order valence-electron chi connectivity index (χ2n) is 4.62. The number of amides is 2. The molecule has 1 fully saturated rings. The SMILES string of the molecule is CC(N)C1CN(C(=O)Nc2ccccc2Cl)CCO1. The molecule has 0 bridgehead atoms. The number of morpholine rings is 1. The molecule has 1 saturated heterocycles. The quantitative estimate of drug-likeness (QED) is 0.871. The van der Waals surface area contributed by atoms with Crippen molar-refractivity contribution in [2.75, 3.05) is 25.0 Å². The van der Waals surface area contributed by atoms with E-state index in [0.29, 0.717) is 30.4 Å². The Labute approximate surface area is 117 Å². The number of carbonyl (C=O) groups is 1. The number of benzene rings is 1. The first-order valence-corrected chi connectivity index (χ1v) is 6.63. The van der Waals surface area contributed by atoms with Crippen molar-refractivity contribution in [1.29, 1.82) is 0 Å². The first-order valence-electron chi connectivity index (χ1n) is 6.25. The van der Waals surface area contributed by atoms with Crippen LogP contribution in [-0.4, -0.2) is 42.8 Å². The van der Waals surface area contributed by atoms with Gasteiger partial charge in [0.1, 0.15) is 0 Å². The number of halogens is 1. The summed E-state index contributed by atoms with van der Waals surface area (Å²) in [6, 6.07) is 6.87. The standard InChI is InChI=1S/C13H18ClN3O2/c1-9(15)12-8-17(6-7-19-12)13(18)16-11-5-3-2-4-10(11)14/h2-5,9,12H,6-8,15H2,1H3,(H,16,18). The summed E-state index contributed by atoms with van der Waals surface area (Å²) in [4.78, 5) is 13.8. The van der Waals surface area contributed by atoms with Gasteiger partial charge in [0.25, 0.3) is 0 Å². The number of nitrogens with one attached hydrogen (secondary N) is 1. The molecule has 0 saturated carbocycles. The van der Waals surface area contributed by atoms with Crippen LogP contribution in [0.5, 0.6) is 0 Å². The number of urea groups is 1. The lowest BCUT2D eigenvalue weighted by atomic mass is 10.1. The first kappa shape index (κ1) is 14.1. The van der Waals surface area contributed by atoms with Gasteiger partial charge in [-0.2, -0.15) is 0 Å². The summed E-state index contributed by atoms with van der Waals surface area (Å²) in [7, 11) is 0. The summed E-state index contributed by atoms with van der Waals surface area (Å²) < 4.78 is 5.52. The summed E-state index contributed by atoms with van der Waals surface area (Å²) in [5, 5.41) is 3.32. The highest BCUT2D eigenvalue weighted by Gasteiger charge is 2.26. The van der Waals surface area contributed by atoms with Crippen LogP contribution in [0.25, 0.3) is 0 Å². The predicted octanol–water partition coefficient (Wildman–Crippen LogP) is 1.92. The van der Waals surface area contributed by atoms with Crippen molar-refractivity contribution in [3.05, 3.63) is 29.3 Å². The van der Waals surface area contributed by atoms with Crippen molar-refractivity contribution in [3.8, 4) is 0 Å². The van der Waals surface area contributed by atoms with Crippen LogP contribution in [0.3, 0.4) is 0 Å². The Morgan fingerprint density at radius 1 is 1.58 bits per heavy atom. The molecule has 19 heavy (non-hydrogen) atoms. The maximum absolute atomic E-state index is 12.1. The molecule has 6 heteroatoms. The Balaban J connectivity index is 1.98. The van der Waals surface area contributed by atoms with Gasteiger partial charge in [-0.15, -0.1) is 0 Å². The summed E-state index contributed by atoms with van der Waals surface area (Å²) in [5.74, 6) is 0. The number of carbonyl (C=O) groups excluding carboxylic acids is 1. The van der Waals surface area contributed by atoms with E-state index < -0.39 is 0 Å². The van der Waals surface area contributed by atoms with Gasteiger partial charge in [0.05, 0.1) is 30.0 Å². The number of nitrogens with zero attached hydrogens (tertiary/aromatic N) is 1. The molecule has 1 aliphatic rings. The van der Waals surface area contributed by atoms with Gasteiger partial charge < -0.3 is 20.7 Å². The van der Waals surface area contributed by atoms with E-state index >= 15 is 0 Å². The summed E-state index contributed by atoms with van der Waals surface area (Å²) in [6.45, 7) is 3.43. The van der Waals surface area contributed by atoms with Crippen LogP contribution in [0.2, 0.25) is 5.02 Å². The van der Waals surface area contributed by atoms with Gasteiger partial charge in [0.2, 0.25) is 0 Å². The monoisotopic (exact) mass is 283 g/mol. The van der Waals surface area contributed by atoms with E-state index in [-0.39, 0.29) is 18.2 Å². The van der Waals surface area contributed by atoms with E-state index in [9.17, 15) is 4.79 Å². The van der Waals surface area contributed by atoms with Crippen LogP contribution in [0.1, 0.15) is 6.92 Å². The highest BCUT2D eigenvalue weighted by Crippen LogP contribution is 2.21. The van der Waals surface area contributed by atoms with Crippen molar-refractivity contribution >= 4 is 23.3 Å². The molecule has 0 aliphatic carbocycles. The predicted molar refractivity (Wildman–Crippen MR) is 75.4 cm³/mol. The average Bonchev–Trinajstić information content (AvgIpc) is 2.41. The highest BCUT2D eigenvalue weighted by molar-refractivity contribution is 6.33. The smallest absolute Gasteiger partial charge is 0.322 e. The molecule has 5 nitrogen and oxygen atoms in total. The van der Waals surface area contributed by atoms with Gasteiger partial charge in [-0.05, 0) is 19.1 Å². The van der Waals surface area contributed by atoms with Gasteiger partial charge in [0, 0.05) is 12.6 Å². The Bertz CT molecular complexity index is 453. The van der Waals surface area contributed by atoms with Gasteiger partial charge in [-0.3, -0.25) is 0 Å². The van der Waals surface area contributed by atoms with Gasteiger partial charge in [0.15, 0.2) is 0 Å². The summed E-state index contributed by atoms with van der Waals surface area (Å²) in [5.41, 5.74) is 6.41. The second-order valence-corrected chi connectivity index (χ2v) is 5.03. The van der Waals surface area contributed by atoms with Crippen LogP contribution in [0.15, 0.2) is 24.3 Å². The molecule has 1 aromatic rings. The zero-order chi connectivity index (χ0) is 13.8. The zero-order valence-corrected chi connectivity index (χ0v) is 11.6. The summed E-state index contributed by atoms with van der Waals surface area (Å²) >= 11 is 6.01. The maximum Gasteiger partial charge on any atom is 0.322 e. The lowest BCUT2D eigenvalue weighted by Crippen LogP contribution is -2.52. The van der Waals surface area contributed by atoms with Crippen molar-refractivity contribution in [2.24, 2.45) is 5.73 Å². The fourth-order valence-electron chi connectivity index (χ4n) is 1.93. The molecular weight excluding hydrogens is 266 g/mol. The minimum Gasteiger partial charge on any atom is -0.373 e. The molecule has 1 heterocycles. The number of nitrogens with two attached hydrogens (primary N) is 1. The molecule has 104 valence electrons. The third-order valence-electron chi connectivity index (χ3n) is 3.08. The largest absolute Gasteiger partial charge is 0.373 e. The van der Waals surface area contributed by atoms with Crippen molar-refractivity contribution < 1.29 is 9.53 Å². The van der Waals surface area contributed by atoms with E-state index in [1.165, 1.54) is 0 Å². The average molecular weight is 284 g/mol. The van der Waals surface area contributed by atoms with Gasteiger partial charge in [-0.25, -0.2) is 4.79 Å². The third-order valence-corrected chi connectivity index (χ3v) is 3.41. The molecule has 1 aromatic carbocycles. The van der Waals surface area contributed by atoms with E-state index in [4.69, 9.17) is 22.1 Å². The van der Waals surface area contributed by atoms with E-state index in [0.717, 1.165) is 0 Å². The molecule has 2 amide bonds. The Morgan fingerprint density at radius 2 is 2.32 bits per heavy atom. The van der Waals surface area contributed by atoms with Gasteiger partial charge in [-0.1, -0.05) is 23.7 Å². The Morgan fingerprint density at radius 3 is 3.00 bits per heavy atom. The van der Waals surface area contributed by atoms with Gasteiger partial charge >= 0.3 is 6.03 Å². The minimum absolute atomic E-state index is 0.101. The molecule has 2 unspecified atom stereocenters. The molecule has 0 aromatic heterocycles. The van der Waals surface area contributed by atoms with E-state index in [1.54, 1.807) is 17.0 Å². The normalized spacial score (nSPS) is 21.0. The van der Waals surface area contributed by atoms with Crippen molar-refractivity contribution in [2.45, 2.75) is 19.1 Å². The molecular formula is C13H18ClN3O2. The number of hydrogen-bond donors (Lipinski definition) is 2. The Kier molecular flexibility index (Phi) is 4.63. The number of anilines is 1. The lowest BCUT2D eigenvalue weighted by molar-refractivity contribution is -0.0220. The van der Waals surface area contributed by atoms with Crippen molar-refractivity contribution in [1.82, 2.24) is 4.90 Å². The lowest BCUT2D eigenvalue weighted by Gasteiger charge is -2.34. The summed E-state index contributed by atoms with van der Waals surface area (Å²) in [6.07, 6.45) is -0.120. The molecule has 2 atom stereocenters. The van der Waals surface area contributed by atoms with Crippen LogP contribution in [0, 0.1) is 0 Å². The van der Waals surface area contributed by atoms with Crippen LogP contribution in [0.4, 0.5) is 10.5 Å². The second kappa shape index (κ2) is 6.23. The number of hydrogen-bond acceptors (Lipinski definition) is 3. The third kappa shape index (κ3) is 3.59. The van der Waals surface area contributed by atoms with Crippen LogP contribution < -0.4 is 11.1 Å².